The van der Waals surface area contributed by atoms with Gasteiger partial charge in [-0.2, -0.15) is 13.2 Å². The predicted octanol–water partition coefficient (Wildman–Crippen LogP) is 2.56. The topological polar surface area (TPSA) is 108 Å². The first-order valence-corrected chi connectivity index (χ1v) is 11.3. The van der Waals surface area contributed by atoms with Crippen LogP contribution in [-0.2, 0) is 17.4 Å². The van der Waals surface area contributed by atoms with E-state index in [4.69, 9.17) is 5.73 Å². The van der Waals surface area contributed by atoms with Gasteiger partial charge in [-0.05, 0) is 49.3 Å². The van der Waals surface area contributed by atoms with Crippen LogP contribution in [0, 0.1) is 0 Å². The van der Waals surface area contributed by atoms with E-state index in [1.165, 1.54) is 6.07 Å². The fourth-order valence-corrected chi connectivity index (χ4v) is 5.12. The number of alkyl halides is 3. The van der Waals surface area contributed by atoms with E-state index in [-0.39, 0.29) is 23.0 Å². The minimum Gasteiger partial charge on any atom is -0.367 e. The highest BCUT2D eigenvalue weighted by Gasteiger charge is 2.38. The minimum absolute atomic E-state index is 0.0560. The smallest absolute Gasteiger partial charge is 0.367 e. The summed E-state index contributed by atoms with van der Waals surface area (Å²) in [6, 6.07) is 4.90. The Hall–Kier alpha value is -3.14. The number of hydrogen-bond donors (Lipinski definition) is 3. The highest BCUT2D eigenvalue weighted by Crippen LogP contribution is 2.35. The Bertz CT molecular complexity index is 1120. The second-order valence-electron chi connectivity index (χ2n) is 9.06. The molecule has 0 radical (unpaired) electrons. The summed E-state index contributed by atoms with van der Waals surface area (Å²) < 4.78 is 40.2. The molecule has 2 aromatic rings. The van der Waals surface area contributed by atoms with Crippen LogP contribution in [0.4, 0.5) is 13.2 Å². The Kier molecular flexibility index (Phi) is 6.79. The first-order valence-electron chi connectivity index (χ1n) is 11.3. The van der Waals surface area contributed by atoms with Crippen molar-refractivity contribution in [1.29, 1.82) is 0 Å². The third-order valence-electron chi connectivity index (χ3n) is 6.87. The fraction of sp³-hybridized carbons (Fsp3) is 0.458. The van der Waals surface area contributed by atoms with Crippen molar-refractivity contribution >= 4 is 11.8 Å². The van der Waals surface area contributed by atoms with Gasteiger partial charge in [-0.1, -0.05) is 6.07 Å². The van der Waals surface area contributed by atoms with Crippen molar-refractivity contribution < 1.29 is 22.8 Å². The van der Waals surface area contributed by atoms with Crippen LogP contribution in [0.3, 0.4) is 0 Å². The summed E-state index contributed by atoms with van der Waals surface area (Å²) in [5.41, 5.74) is 4.39. The molecule has 0 unspecified atom stereocenters. The molecule has 1 aromatic carbocycles. The number of hydrogen-bond acceptors (Lipinski definition) is 4. The Morgan fingerprint density at radius 2 is 1.82 bits per heavy atom. The van der Waals surface area contributed by atoms with Gasteiger partial charge in [-0.25, -0.2) is 0 Å². The maximum atomic E-state index is 13.4. The van der Waals surface area contributed by atoms with Crippen molar-refractivity contribution in [3.8, 4) is 0 Å². The number of benzene rings is 1. The van der Waals surface area contributed by atoms with Crippen LogP contribution in [0.25, 0.3) is 0 Å². The molecule has 1 aliphatic heterocycles. The lowest BCUT2D eigenvalue weighted by Crippen LogP contribution is -2.62. The molecule has 10 heteroatoms. The Morgan fingerprint density at radius 1 is 1.12 bits per heavy atom. The van der Waals surface area contributed by atoms with Gasteiger partial charge < -0.3 is 16.0 Å². The number of likely N-dealkylation sites (tertiary alicyclic amines) is 1. The predicted molar refractivity (Wildman–Crippen MR) is 119 cm³/mol. The molecule has 4 N–H and O–H groups in total. The number of nitrogens with two attached hydrogens (primary N) is 1. The molecule has 1 aliphatic carbocycles. The number of pyridine rings is 1. The Balaban J connectivity index is 1.29. The summed E-state index contributed by atoms with van der Waals surface area (Å²) in [6.07, 6.45) is 1.86. The molecule has 2 aliphatic rings. The van der Waals surface area contributed by atoms with Gasteiger partial charge in [-0.15, -0.1) is 0 Å². The van der Waals surface area contributed by atoms with Crippen LogP contribution in [0.15, 0.2) is 41.5 Å². The van der Waals surface area contributed by atoms with E-state index >= 15 is 0 Å². The molecule has 2 fully saturated rings. The zero-order valence-electron chi connectivity index (χ0n) is 18.5. The average molecular weight is 476 g/mol. The van der Waals surface area contributed by atoms with Crippen LogP contribution in [0.1, 0.15) is 58.6 Å². The monoisotopic (exact) mass is 476 g/mol. The van der Waals surface area contributed by atoms with Crippen molar-refractivity contribution in [2.24, 2.45) is 5.73 Å². The summed E-state index contributed by atoms with van der Waals surface area (Å²) >= 11 is 0. The minimum atomic E-state index is -4.70. The molecule has 2 heterocycles. The molecular weight excluding hydrogens is 449 g/mol. The van der Waals surface area contributed by atoms with E-state index in [1.807, 2.05) is 0 Å². The number of aromatic amines is 1. The number of H-pyrrole nitrogens is 1. The number of carbonyl (C=O) groups is 2. The molecule has 7 nitrogen and oxygen atoms in total. The first-order chi connectivity index (χ1) is 16.1. The molecule has 0 atom stereocenters. The number of carbonyl (C=O) groups excluding carboxylic acids is 2. The van der Waals surface area contributed by atoms with E-state index in [2.05, 4.69) is 15.2 Å². The normalized spacial score (nSPS) is 21.6. The van der Waals surface area contributed by atoms with Gasteiger partial charge in [0.1, 0.15) is 0 Å². The van der Waals surface area contributed by atoms with Crippen molar-refractivity contribution in [2.75, 3.05) is 13.1 Å². The molecule has 1 saturated heterocycles. The number of nitrogens with one attached hydrogen (secondary N) is 2. The second-order valence-corrected chi connectivity index (χ2v) is 9.06. The van der Waals surface area contributed by atoms with Gasteiger partial charge in [0.05, 0.1) is 18.0 Å². The van der Waals surface area contributed by atoms with Crippen molar-refractivity contribution in [3.63, 3.8) is 0 Å². The highest BCUT2D eigenvalue weighted by molar-refractivity contribution is 5.96. The van der Waals surface area contributed by atoms with Gasteiger partial charge in [0.15, 0.2) is 5.43 Å². The number of rotatable bonds is 6. The third-order valence-corrected chi connectivity index (χ3v) is 6.87. The number of amides is 2. The summed E-state index contributed by atoms with van der Waals surface area (Å²) in [5, 5.41) is 2.78. The second kappa shape index (κ2) is 9.61. The van der Waals surface area contributed by atoms with Gasteiger partial charge in [0.2, 0.25) is 11.8 Å². The van der Waals surface area contributed by atoms with Crippen molar-refractivity contribution in [3.05, 3.63) is 69.1 Å². The Morgan fingerprint density at radius 3 is 2.44 bits per heavy atom. The molecule has 0 spiro atoms. The van der Waals surface area contributed by atoms with Crippen LogP contribution in [-0.4, -0.2) is 46.9 Å². The highest BCUT2D eigenvalue weighted by atomic mass is 19.4. The maximum absolute atomic E-state index is 13.4. The summed E-state index contributed by atoms with van der Waals surface area (Å²) in [5.74, 6) is -1.33. The molecule has 4 rings (SSSR count). The molecule has 34 heavy (non-hydrogen) atoms. The van der Waals surface area contributed by atoms with Crippen LogP contribution < -0.4 is 16.5 Å². The lowest BCUT2D eigenvalue weighted by molar-refractivity contribution is -0.138. The van der Waals surface area contributed by atoms with Crippen LogP contribution in [0.2, 0.25) is 0 Å². The fourth-order valence-electron chi connectivity index (χ4n) is 5.12. The zero-order chi connectivity index (χ0) is 24.5. The van der Waals surface area contributed by atoms with E-state index in [9.17, 15) is 27.6 Å². The first kappa shape index (κ1) is 24.0. The quantitative estimate of drug-likeness (QED) is 0.596. The molecule has 1 aromatic heterocycles. The zero-order valence-corrected chi connectivity index (χ0v) is 18.5. The number of halogens is 3. The largest absolute Gasteiger partial charge is 0.416 e. The van der Waals surface area contributed by atoms with E-state index in [1.54, 1.807) is 18.5 Å². The molecule has 2 amide bonds. The maximum Gasteiger partial charge on any atom is 0.416 e. The summed E-state index contributed by atoms with van der Waals surface area (Å²) in [6.45, 7) is 1.24. The summed E-state index contributed by atoms with van der Waals surface area (Å²) in [7, 11) is 0. The van der Waals surface area contributed by atoms with Gasteiger partial charge >= 0.3 is 6.18 Å². The van der Waals surface area contributed by atoms with Crippen molar-refractivity contribution in [2.45, 2.75) is 56.3 Å². The van der Waals surface area contributed by atoms with Crippen LogP contribution in [0.5, 0.6) is 0 Å². The van der Waals surface area contributed by atoms with Gasteiger partial charge in [-0.3, -0.25) is 19.3 Å². The number of primary amides is 1. The lowest BCUT2D eigenvalue weighted by Gasteiger charge is -2.46. The number of aromatic nitrogens is 1. The number of nitrogens with zero attached hydrogens (tertiary/aromatic N) is 1. The lowest BCUT2D eigenvalue weighted by atomic mass is 9.80. The van der Waals surface area contributed by atoms with Gasteiger partial charge in [0.25, 0.3) is 0 Å². The van der Waals surface area contributed by atoms with E-state index in [0.29, 0.717) is 19.1 Å². The standard InChI is InChI=1S/C24H27F3N4O3/c25-24(26,27)20-3-1-2-17(23(28)34)18(20)10-22(33)30-15-12-31(13-15)16-6-4-14(5-7-16)19-11-29-9-8-21(19)32/h1-3,8-9,11,14-16H,4-7,10,12-13H2,(H2,28,34)(H,29,32)(H,30,33). The Labute approximate surface area is 194 Å². The van der Waals surface area contributed by atoms with Gasteiger partial charge in [0, 0.05) is 48.7 Å². The average Bonchev–Trinajstić information content (AvgIpc) is 2.76. The SMILES string of the molecule is NC(=O)c1cccc(C(F)(F)F)c1CC(=O)NC1CN(C2CCC(c3c[nH]ccc3=O)CC2)C1. The van der Waals surface area contributed by atoms with Crippen molar-refractivity contribution in [1.82, 2.24) is 15.2 Å². The third kappa shape index (κ3) is 5.16. The molecule has 1 saturated carbocycles. The molecular formula is C24H27F3N4O3. The van der Waals surface area contributed by atoms with Crippen LogP contribution >= 0.6 is 0 Å². The van der Waals surface area contributed by atoms with E-state index in [0.717, 1.165) is 43.4 Å². The summed E-state index contributed by atoms with van der Waals surface area (Å²) in [4.78, 5) is 41.4. The molecule has 182 valence electrons. The molecule has 0 bridgehead atoms. The van der Waals surface area contributed by atoms with E-state index < -0.39 is 35.5 Å².